The van der Waals surface area contributed by atoms with Gasteiger partial charge >= 0.3 is 0 Å². The number of aryl methyl sites for hydroxylation is 2. The Morgan fingerprint density at radius 1 is 1.44 bits per heavy atom. The molecule has 0 aliphatic heterocycles. The highest BCUT2D eigenvalue weighted by Crippen LogP contribution is 2.19. The number of aromatic nitrogens is 3. The van der Waals surface area contributed by atoms with Gasteiger partial charge in [-0.2, -0.15) is 0 Å². The molecule has 0 bridgehead atoms. The van der Waals surface area contributed by atoms with Crippen LogP contribution < -0.4 is 0 Å². The quantitative estimate of drug-likeness (QED) is 0.845. The van der Waals surface area contributed by atoms with Crippen LogP contribution >= 0.6 is 0 Å². The van der Waals surface area contributed by atoms with Crippen molar-refractivity contribution in [2.24, 2.45) is 7.05 Å². The number of pyridine rings is 1. The van der Waals surface area contributed by atoms with Crippen LogP contribution in [0.3, 0.4) is 0 Å². The third kappa shape index (κ3) is 2.12. The minimum atomic E-state index is -0.524. The molecule has 16 heavy (non-hydrogen) atoms. The van der Waals surface area contributed by atoms with Gasteiger partial charge in [-0.05, 0) is 24.1 Å². The van der Waals surface area contributed by atoms with Crippen molar-refractivity contribution in [1.29, 1.82) is 0 Å². The van der Waals surface area contributed by atoms with E-state index >= 15 is 0 Å². The summed E-state index contributed by atoms with van der Waals surface area (Å²) in [7, 11) is 1.93. The van der Waals surface area contributed by atoms with Gasteiger partial charge in [0, 0.05) is 38.3 Å². The first-order chi connectivity index (χ1) is 7.68. The molecule has 1 atom stereocenters. The van der Waals surface area contributed by atoms with E-state index in [1.165, 1.54) is 0 Å². The molecule has 0 saturated heterocycles. The maximum Gasteiger partial charge on any atom is 0.111 e. The summed E-state index contributed by atoms with van der Waals surface area (Å²) in [6, 6.07) is 1.85. The first kappa shape index (κ1) is 10.8. The number of nitrogens with zero attached hydrogens (tertiary/aromatic N) is 3. The Balaban J connectivity index is 2.18. The van der Waals surface area contributed by atoms with Gasteiger partial charge in [-0.15, -0.1) is 0 Å². The number of aliphatic hydroxyl groups is 1. The molecule has 2 heterocycles. The summed E-state index contributed by atoms with van der Waals surface area (Å²) in [6.07, 6.45) is 7.07. The van der Waals surface area contributed by atoms with E-state index in [-0.39, 0.29) is 0 Å². The minimum Gasteiger partial charge on any atom is -0.388 e. The first-order valence-electron chi connectivity index (χ1n) is 5.23. The van der Waals surface area contributed by atoms with E-state index < -0.39 is 6.10 Å². The largest absolute Gasteiger partial charge is 0.388 e. The van der Waals surface area contributed by atoms with Gasteiger partial charge < -0.3 is 9.67 Å². The molecule has 84 valence electrons. The van der Waals surface area contributed by atoms with Gasteiger partial charge in [0.25, 0.3) is 0 Å². The Hall–Kier alpha value is -1.68. The first-order valence-corrected chi connectivity index (χ1v) is 5.23. The van der Waals surface area contributed by atoms with Crippen LogP contribution in [-0.2, 0) is 13.5 Å². The van der Waals surface area contributed by atoms with Gasteiger partial charge in [0.05, 0.1) is 6.10 Å². The van der Waals surface area contributed by atoms with Gasteiger partial charge in [0.2, 0.25) is 0 Å². The fourth-order valence-corrected chi connectivity index (χ4v) is 1.73. The van der Waals surface area contributed by atoms with Crippen LogP contribution in [0, 0.1) is 6.92 Å². The van der Waals surface area contributed by atoms with Crippen LogP contribution in [0.4, 0.5) is 0 Å². The highest BCUT2D eigenvalue weighted by Gasteiger charge is 2.13. The molecular formula is C12H15N3O. The van der Waals surface area contributed by atoms with Crippen molar-refractivity contribution in [3.05, 3.63) is 47.8 Å². The molecule has 2 rings (SSSR count). The van der Waals surface area contributed by atoms with Crippen LogP contribution in [-0.4, -0.2) is 19.6 Å². The predicted octanol–water partition coefficient (Wildman–Crippen LogP) is 1.40. The normalized spacial score (nSPS) is 12.7. The molecule has 0 spiro atoms. The summed E-state index contributed by atoms with van der Waals surface area (Å²) < 4.78 is 1.92. The molecule has 0 aromatic carbocycles. The Kier molecular flexibility index (Phi) is 3.01. The summed E-state index contributed by atoms with van der Waals surface area (Å²) in [6.45, 7) is 1.95. The maximum atomic E-state index is 10.1. The summed E-state index contributed by atoms with van der Waals surface area (Å²) in [5, 5.41) is 10.1. The zero-order valence-corrected chi connectivity index (χ0v) is 9.46. The molecule has 0 fully saturated rings. The number of rotatable bonds is 3. The van der Waals surface area contributed by atoms with E-state index in [1.807, 2.05) is 30.8 Å². The van der Waals surface area contributed by atoms with Crippen molar-refractivity contribution >= 4 is 0 Å². The predicted molar refractivity (Wildman–Crippen MR) is 60.8 cm³/mol. The van der Waals surface area contributed by atoms with Crippen molar-refractivity contribution < 1.29 is 5.11 Å². The van der Waals surface area contributed by atoms with Crippen LogP contribution in [0.5, 0.6) is 0 Å². The van der Waals surface area contributed by atoms with Crippen molar-refractivity contribution in [3.63, 3.8) is 0 Å². The minimum absolute atomic E-state index is 0.522. The van der Waals surface area contributed by atoms with Gasteiger partial charge in [0.15, 0.2) is 0 Å². The average Bonchev–Trinajstić information content (AvgIpc) is 2.65. The van der Waals surface area contributed by atoms with Gasteiger partial charge in [-0.3, -0.25) is 4.98 Å². The van der Waals surface area contributed by atoms with Crippen LogP contribution in [0.15, 0.2) is 30.9 Å². The Morgan fingerprint density at radius 3 is 2.88 bits per heavy atom. The third-order valence-corrected chi connectivity index (χ3v) is 2.72. The summed E-state index contributed by atoms with van der Waals surface area (Å²) >= 11 is 0. The molecule has 0 aliphatic rings. The van der Waals surface area contributed by atoms with E-state index in [0.717, 1.165) is 17.0 Å². The fraction of sp³-hybridized carbons (Fsp3) is 0.333. The zero-order valence-electron chi connectivity index (χ0n) is 9.46. The number of imidazole rings is 1. The smallest absolute Gasteiger partial charge is 0.111 e. The van der Waals surface area contributed by atoms with Crippen molar-refractivity contribution in [3.8, 4) is 0 Å². The fourth-order valence-electron chi connectivity index (χ4n) is 1.73. The molecule has 4 nitrogen and oxygen atoms in total. The number of aliphatic hydroxyl groups excluding tert-OH is 1. The van der Waals surface area contributed by atoms with Gasteiger partial charge in [-0.1, -0.05) is 0 Å². The van der Waals surface area contributed by atoms with E-state index in [9.17, 15) is 5.11 Å². The Bertz CT molecular complexity index is 479. The lowest BCUT2D eigenvalue weighted by Crippen LogP contribution is -2.08. The third-order valence-electron chi connectivity index (χ3n) is 2.72. The molecule has 1 N–H and O–H groups in total. The standard InChI is InChI=1S/C12H15N3O/c1-9-8-13-4-3-10(9)11(16)7-12-14-5-6-15(12)2/h3-6,8,11,16H,7H2,1-2H3. The number of hydrogen-bond donors (Lipinski definition) is 1. The second-order valence-electron chi connectivity index (χ2n) is 3.91. The molecule has 2 aromatic rings. The average molecular weight is 217 g/mol. The Morgan fingerprint density at radius 2 is 2.25 bits per heavy atom. The van der Waals surface area contributed by atoms with Crippen LogP contribution in [0.1, 0.15) is 23.1 Å². The summed E-state index contributed by atoms with van der Waals surface area (Å²) in [5.74, 6) is 0.878. The lowest BCUT2D eigenvalue weighted by Gasteiger charge is -2.12. The SMILES string of the molecule is Cc1cnccc1C(O)Cc1nccn1C. The van der Waals surface area contributed by atoms with E-state index in [0.29, 0.717) is 6.42 Å². The van der Waals surface area contributed by atoms with E-state index in [4.69, 9.17) is 0 Å². The maximum absolute atomic E-state index is 10.1. The molecular weight excluding hydrogens is 202 g/mol. The molecule has 2 aromatic heterocycles. The van der Waals surface area contributed by atoms with Crippen molar-refractivity contribution in [2.45, 2.75) is 19.4 Å². The highest BCUT2D eigenvalue weighted by molar-refractivity contribution is 5.24. The monoisotopic (exact) mass is 217 g/mol. The zero-order chi connectivity index (χ0) is 11.5. The van der Waals surface area contributed by atoms with Gasteiger partial charge in [0.1, 0.15) is 5.82 Å². The lowest BCUT2D eigenvalue weighted by atomic mass is 10.0. The summed E-state index contributed by atoms with van der Waals surface area (Å²) in [5.41, 5.74) is 1.92. The van der Waals surface area contributed by atoms with Crippen molar-refractivity contribution in [2.75, 3.05) is 0 Å². The topological polar surface area (TPSA) is 50.9 Å². The molecule has 0 aliphatic carbocycles. The number of hydrogen-bond acceptors (Lipinski definition) is 3. The Labute approximate surface area is 94.6 Å². The van der Waals surface area contributed by atoms with Crippen LogP contribution in [0.25, 0.3) is 0 Å². The molecule has 0 radical (unpaired) electrons. The molecule has 4 heteroatoms. The van der Waals surface area contributed by atoms with E-state index in [1.54, 1.807) is 18.6 Å². The lowest BCUT2D eigenvalue weighted by molar-refractivity contribution is 0.174. The van der Waals surface area contributed by atoms with Crippen LogP contribution in [0.2, 0.25) is 0 Å². The van der Waals surface area contributed by atoms with E-state index in [2.05, 4.69) is 9.97 Å². The van der Waals surface area contributed by atoms with Crippen molar-refractivity contribution in [1.82, 2.24) is 14.5 Å². The molecule has 0 amide bonds. The molecule has 0 saturated carbocycles. The second kappa shape index (κ2) is 4.45. The molecule has 1 unspecified atom stereocenters. The second-order valence-corrected chi connectivity index (χ2v) is 3.91. The summed E-state index contributed by atoms with van der Waals surface area (Å²) in [4.78, 5) is 8.21. The van der Waals surface area contributed by atoms with Gasteiger partial charge in [-0.25, -0.2) is 4.98 Å². The highest BCUT2D eigenvalue weighted by atomic mass is 16.3.